The fourth-order valence-electron chi connectivity index (χ4n) is 4.77. The summed E-state index contributed by atoms with van der Waals surface area (Å²) in [7, 11) is 0. The predicted octanol–water partition coefficient (Wildman–Crippen LogP) is 9.32. The minimum atomic E-state index is -0.212. The van der Waals surface area contributed by atoms with Gasteiger partial charge in [-0.05, 0) is 38.5 Å². The maximum Gasteiger partial charge on any atom is 0.333 e. The maximum absolute atomic E-state index is 11.6. The van der Waals surface area contributed by atoms with E-state index in [1.807, 2.05) is 0 Å². The summed E-state index contributed by atoms with van der Waals surface area (Å²) in [5.41, 5.74) is 0.519. The second-order valence-electron chi connectivity index (χ2n) is 9.92. The van der Waals surface area contributed by atoms with E-state index < -0.39 is 0 Å². The van der Waals surface area contributed by atoms with E-state index in [0.29, 0.717) is 5.57 Å². The minimum absolute atomic E-state index is 0.135. The Morgan fingerprint density at radius 2 is 1.10 bits per heavy atom. The lowest BCUT2D eigenvalue weighted by atomic mass is 9.84. The van der Waals surface area contributed by atoms with Gasteiger partial charge in [-0.15, -0.1) is 0 Å². The first kappa shape index (κ1) is 27.2. The smallest absolute Gasteiger partial charge is 0.333 e. The molecule has 30 heavy (non-hydrogen) atoms. The molecular weight excluding hydrogens is 368 g/mol. The van der Waals surface area contributed by atoms with Gasteiger partial charge < -0.3 is 4.74 Å². The standard InChI is InChI=1S/C28H52O2/c1-4-5-6-7-8-9-10-11-12-13-14-15-16-17-18-19-20-26-21-23-27(24-22-26)30-28(29)25(2)3/h26-27H,2,4-24H2,1,3H3. The molecule has 1 rings (SSSR count). The van der Waals surface area contributed by atoms with Crippen LogP contribution in [-0.4, -0.2) is 12.1 Å². The lowest BCUT2D eigenvalue weighted by molar-refractivity contribution is -0.146. The number of carbonyl (C=O) groups excluding carboxylic acids is 1. The Morgan fingerprint density at radius 1 is 0.700 bits per heavy atom. The third kappa shape index (κ3) is 15.1. The molecule has 0 atom stereocenters. The monoisotopic (exact) mass is 420 g/mol. The zero-order valence-corrected chi connectivity index (χ0v) is 20.5. The van der Waals surface area contributed by atoms with Crippen LogP contribution in [0.3, 0.4) is 0 Å². The van der Waals surface area contributed by atoms with Crippen molar-refractivity contribution in [3.05, 3.63) is 12.2 Å². The molecule has 2 nitrogen and oxygen atoms in total. The summed E-state index contributed by atoms with van der Waals surface area (Å²) < 4.78 is 5.50. The van der Waals surface area contributed by atoms with Crippen molar-refractivity contribution in [2.24, 2.45) is 5.92 Å². The Labute approximate surface area is 188 Å². The number of rotatable bonds is 19. The van der Waals surface area contributed by atoms with Crippen LogP contribution in [0.15, 0.2) is 12.2 Å². The Kier molecular flexibility index (Phi) is 17.2. The average Bonchev–Trinajstić information content (AvgIpc) is 2.74. The molecule has 0 spiro atoms. The Bertz CT molecular complexity index is 420. The van der Waals surface area contributed by atoms with Crippen molar-refractivity contribution in [2.45, 2.75) is 155 Å². The van der Waals surface area contributed by atoms with Gasteiger partial charge in [0.25, 0.3) is 0 Å². The molecule has 176 valence electrons. The molecule has 0 N–H and O–H groups in total. The van der Waals surface area contributed by atoms with Gasteiger partial charge in [-0.25, -0.2) is 4.79 Å². The first-order valence-electron chi connectivity index (χ1n) is 13.5. The Hall–Kier alpha value is -0.790. The predicted molar refractivity (Wildman–Crippen MR) is 131 cm³/mol. The number of esters is 1. The topological polar surface area (TPSA) is 26.3 Å². The van der Waals surface area contributed by atoms with Crippen LogP contribution in [0.5, 0.6) is 0 Å². The molecule has 0 unspecified atom stereocenters. The molecule has 1 aliphatic rings. The van der Waals surface area contributed by atoms with Gasteiger partial charge in [-0.1, -0.05) is 123 Å². The zero-order chi connectivity index (χ0) is 21.9. The molecule has 1 aliphatic carbocycles. The van der Waals surface area contributed by atoms with Crippen LogP contribution in [0, 0.1) is 5.92 Å². The lowest BCUT2D eigenvalue weighted by Crippen LogP contribution is -2.24. The van der Waals surface area contributed by atoms with Crippen molar-refractivity contribution in [1.82, 2.24) is 0 Å². The first-order chi connectivity index (χ1) is 14.6. The van der Waals surface area contributed by atoms with Gasteiger partial charge >= 0.3 is 5.97 Å². The highest BCUT2D eigenvalue weighted by Gasteiger charge is 2.23. The Balaban J connectivity index is 1.79. The highest BCUT2D eigenvalue weighted by molar-refractivity contribution is 5.87. The van der Waals surface area contributed by atoms with Gasteiger partial charge in [0.05, 0.1) is 0 Å². The van der Waals surface area contributed by atoms with Crippen LogP contribution in [0.2, 0.25) is 0 Å². The number of carbonyl (C=O) groups is 1. The van der Waals surface area contributed by atoms with Gasteiger partial charge in [0.1, 0.15) is 6.10 Å². The Morgan fingerprint density at radius 3 is 1.50 bits per heavy atom. The summed E-state index contributed by atoms with van der Waals surface area (Å²) in [6.45, 7) is 7.69. The van der Waals surface area contributed by atoms with Crippen LogP contribution < -0.4 is 0 Å². The molecule has 0 radical (unpaired) electrons. The number of ether oxygens (including phenoxy) is 1. The molecule has 0 saturated heterocycles. The molecule has 0 aromatic carbocycles. The van der Waals surface area contributed by atoms with Crippen LogP contribution in [0.4, 0.5) is 0 Å². The van der Waals surface area contributed by atoms with Crippen molar-refractivity contribution in [2.75, 3.05) is 0 Å². The average molecular weight is 421 g/mol. The van der Waals surface area contributed by atoms with E-state index >= 15 is 0 Å². The lowest BCUT2D eigenvalue weighted by Gasteiger charge is -2.28. The molecule has 0 heterocycles. The molecule has 0 aromatic heterocycles. The van der Waals surface area contributed by atoms with Gasteiger partial charge in [0.15, 0.2) is 0 Å². The fraction of sp³-hybridized carbons (Fsp3) is 0.893. The molecule has 2 heteroatoms. The second kappa shape index (κ2) is 18.9. The van der Waals surface area contributed by atoms with Crippen molar-refractivity contribution < 1.29 is 9.53 Å². The van der Waals surface area contributed by atoms with E-state index in [4.69, 9.17) is 4.74 Å². The molecule has 0 aliphatic heterocycles. The summed E-state index contributed by atoms with van der Waals surface area (Å²) in [4.78, 5) is 11.6. The minimum Gasteiger partial charge on any atom is -0.459 e. The SMILES string of the molecule is C=C(C)C(=O)OC1CCC(CCCCCCCCCCCCCCCCCC)CC1. The third-order valence-electron chi connectivity index (χ3n) is 6.88. The maximum atomic E-state index is 11.6. The number of hydrogen-bond acceptors (Lipinski definition) is 2. The van der Waals surface area contributed by atoms with Crippen LogP contribution in [0.25, 0.3) is 0 Å². The molecule has 0 amide bonds. The summed E-state index contributed by atoms with van der Waals surface area (Å²) in [6.07, 6.45) is 29.0. The van der Waals surface area contributed by atoms with Gasteiger partial charge in [0, 0.05) is 5.57 Å². The normalized spacial score (nSPS) is 19.0. The van der Waals surface area contributed by atoms with E-state index in [1.165, 1.54) is 122 Å². The summed E-state index contributed by atoms with van der Waals surface area (Å²) in [6, 6.07) is 0. The van der Waals surface area contributed by atoms with E-state index in [0.717, 1.165) is 18.8 Å². The van der Waals surface area contributed by atoms with Gasteiger partial charge in [0.2, 0.25) is 0 Å². The van der Waals surface area contributed by atoms with Crippen molar-refractivity contribution in [3.63, 3.8) is 0 Å². The summed E-state index contributed by atoms with van der Waals surface area (Å²) >= 11 is 0. The highest BCUT2D eigenvalue weighted by atomic mass is 16.5. The van der Waals surface area contributed by atoms with E-state index in [1.54, 1.807) is 6.92 Å². The van der Waals surface area contributed by atoms with Crippen molar-refractivity contribution >= 4 is 5.97 Å². The summed E-state index contributed by atoms with van der Waals surface area (Å²) in [5.74, 6) is 0.646. The van der Waals surface area contributed by atoms with Gasteiger partial charge in [-0.3, -0.25) is 0 Å². The van der Waals surface area contributed by atoms with Crippen molar-refractivity contribution in [3.8, 4) is 0 Å². The molecule has 1 saturated carbocycles. The van der Waals surface area contributed by atoms with Crippen LogP contribution in [0.1, 0.15) is 149 Å². The number of unbranched alkanes of at least 4 members (excludes halogenated alkanes) is 15. The van der Waals surface area contributed by atoms with E-state index in [9.17, 15) is 4.79 Å². The van der Waals surface area contributed by atoms with Crippen LogP contribution >= 0.6 is 0 Å². The fourth-order valence-corrected chi connectivity index (χ4v) is 4.77. The quantitative estimate of drug-likeness (QED) is 0.118. The molecule has 0 bridgehead atoms. The number of hydrogen-bond donors (Lipinski definition) is 0. The summed E-state index contributed by atoms with van der Waals surface area (Å²) in [5, 5.41) is 0. The van der Waals surface area contributed by atoms with E-state index in [-0.39, 0.29) is 12.1 Å². The van der Waals surface area contributed by atoms with E-state index in [2.05, 4.69) is 13.5 Å². The first-order valence-corrected chi connectivity index (χ1v) is 13.5. The second-order valence-corrected chi connectivity index (χ2v) is 9.92. The van der Waals surface area contributed by atoms with Crippen molar-refractivity contribution in [1.29, 1.82) is 0 Å². The zero-order valence-electron chi connectivity index (χ0n) is 20.5. The molecule has 1 fully saturated rings. The van der Waals surface area contributed by atoms with Crippen LogP contribution in [-0.2, 0) is 9.53 Å². The third-order valence-corrected chi connectivity index (χ3v) is 6.88. The largest absolute Gasteiger partial charge is 0.459 e. The molecular formula is C28H52O2. The highest BCUT2D eigenvalue weighted by Crippen LogP contribution is 2.30. The molecule has 0 aromatic rings. The van der Waals surface area contributed by atoms with Gasteiger partial charge in [-0.2, -0.15) is 0 Å².